The van der Waals surface area contributed by atoms with Gasteiger partial charge in [-0.15, -0.1) is 10.2 Å². The predicted molar refractivity (Wildman–Crippen MR) is 78.2 cm³/mol. The van der Waals surface area contributed by atoms with Gasteiger partial charge in [-0.25, -0.2) is 0 Å². The molecule has 0 aliphatic rings. The molecule has 0 saturated carbocycles. The highest BCUT2D eigenvalue weighted by Gasteiger charge is 2.09. The molecule has 1 N–H and O–H groups in total. The Kier molecular flexibility index (Phi) is 5.85. The van der Waals surface area contributed by atoms with Crippen LogP contribution in [0, 0.1) is 6.92 Å². The lowest BCUT2D eigenvalue weighted by Gasteiger charge is -2.06. The number of aromatic nitrogens is 2. The van der Waals surface area contributed by atoms with Crippen molar-refractivity contribution in [2.45, 2.75) is 23.6 Å². The maximum atomic E-state index is 6.26. The molecule has 0 fully saturated rings. The molecular formula is C13H16ClN3O2S. The average molecular weight is 314 g/mol. The molecule has 20 heavy (non-hydrogen) atoms. The van der Waals surface area contributed by atoms with Crippen molar-refractivity contribution in [1.82, 2.24) is 15.5 Å². The van der Waals surface area contributed by atoms with Crippen LogP contribution in [0.3, 0.4) is 0 Å². The first-order valence-corrected chi connectivity index (χ1v) is 7.34. The first-order chi connectivity index (χ1) is 9.69. The number of methoxy groups -OCH3 is 1. The topological polar surface area (TPSA) is 60.2 Å². The van der Waals surface area contributed by atoms with Crippen molar-refractivity contribution in [3.05, 3.63) is 34.7 Å². The van der Waals surface area contributed by atoms with E-state index in [4.69, 9.17) is 20.8 Å². The lowest BCUT2D eigenvalue weighted by atomic mass is 10.2. The zero-order valence-corrected chi connectivity index (χ0v) is 12.9. The number of rotatable bonds is 7. The van der Waals surface area contributed by atoms with Crippen LogP contribution in [0.4, 0.5) is 0 Å². The van der Waals surface area contributed by atoms with E-state index in [1.54, 1.807) is 14.0 Å². The summed E-state index contributed by atoms with van der Waals surface area (Å²) in [7, 11) is 1.68. The fourth-order valence-corrected chi connectivity index (χ4v) is 2.60. The molecule has 0 saturated heterocycles. The summed E-state index contributed by atoms with van der Waals surface area (Å²) in [6, 6.07) is 5.92. The first-order valence-electron chi connectivity index (χ1n) is 6.15. The third kappa shape index (κ3) is 4.49. The molecule has 108 valence electrons. The van der Waals surface area contributed by atoms with E-state index < -0.39 is 0 Å². The van der Waals surface area contributed by atoms with Gasteiger partial charge in [0.1, 0.15) is 0 Å². The molecule has 0 amide bonds. The summed E-state index contributed by atoms with van der Waals surface area (Å²) < 4.78 is 10.3. The summed E-state index contributed by atoms with van der Waals surface area (Å²) in [5.74, 6) is 0.544. The number of nitrogens with zero attached hydrogens (tertiary/aromatic N) is 2. The van der Waals surface area contributed by atoms with E-state index in [0.29, 0.717) is 22.7 Å². The molecule has 1 heterocycles. The van der Waals surface area contributed by atoms with Gasteiger partial charge >= 0.3 is 0 Å². The van der Waals surface area contributed by atoms with Gasteiger partial charge < -0.3 is 14.5 Å². The minimum absolute atomic E-state index is 0.496. The van der Waals surface area contributed by atoms with Crippen LogP contribution in [0.2, 0.25) is 5.02 Å². The van der Waals surface area contributed by atoms with Crippen molar-refractivity contribution < 1.29 is 9.15 Å². The van der Waals surface area contributed by atoms with Gasteiger partial charge in [0, 0.05) is 32.0 Å². The Bertz CT molecular complexity index is 562. The zero-order valence-electron chi connectivity index (χ0n) is 11.4. The fraction of sp³-hybridized carbons (Fsp3) is 0.385. The van der Waals surface area contributed by atoms with E-state index in [-0.39, 0.29) is 0 Å². The Balaban J connectivity index is 1.95. The molecule has 1 aromatic carbocycles. The maximum Gasteiger partial charge on any atom is 0.281 e. The molecule has 1 aromatic heterocycles. The molecule has 7 heteroatoms. The Morgan fingerprint density at radius 3 is 2.90 bits per heavy atom. The van der Waals surface area contributed by atoms with Gasteiger partial charge in [-0.1, -0.05) is 17.7 Å². The summed E-state index contributed by atoms with van der Waals surface area (Å²) in [4.78, 5) is 0.899. The first kappa shape index (κ1) is 15.3. The van der Waals surface area contributed by atoms with Crippen molar-refractivity contribution in [3.8, 4) is 0 Å². The molecule has 5 nitrogen and oxygen atoms in total. The van der Waals surface area contributed by atoms with Crippen LogP contribution in [0.5, 0.6) is 0 Å². The van der Waals surface area contributed by atoms with Crippen molar-refractivity contribution in [2.75, 3.05) is 20.3 Å². The van der Waals surface area contributed by atoms with Gasteiger partial charge in [0.2, 0.25) is 5.89 Å². The Hall–Kier alpha value is -1.08. The number of aryl methyl sites for hydroxylation is 1. The largest absolute Gasteiger partial charge is 0.416 e. The summed E-state index contributed by atoms with van der Waals surface area (Å²) in [6.45, 7) is 4.02. The highest BCUT2D eigenvalue weighted by Crippen LogP contribution is 2.32. The third-order valence-corrected chi connectivity index (χ3v) is 3.85. The molecular weight excluding hydrogens is 298 g/mol. The highest BCUT2D eigenvalue weighted by molar-refractivity contribution is 7.99. The van der Waals surface area contributed by atoms with Gasteiger partial charge in [-0.2, -0.15) is 0 Å². The van der Waals surface area contributed by atoms with Crippen LogP contribution in [-0.2, 0) is 11.3 Å². The van der Waals surface area contributed by atoms with E-state index >= 15 is 0 Å². The van der Waals surface area contributed by atoms with Crippen LogP contribution in [0.1, 0.15) is 11.5 Å². The van der Waals surface area contributed by atoms with Crippen LogP contribution >= 0.6 is 23.4 Å². The summed E-state index contributed by atoms with van der Waals surface area (Å²) in [6.07, 6.45) is 0. The molecule has 0 spiro atoms. The van der Waals surface area contributed by atoms with Gasteiger partial charge in [0.15, 0.2) is 0 Å². The maximum absolute atomic E-state index is 6.26. The van der Waals surface area contributed by atoms with Gasteiger partial charge in [0.25, 0.3) is 5.22 Å². The third-order valence-electron chi connectivity index (χ3n) is 2.51. The van der Waals surface area contributed by atoms with Gasteiger partial charge in [0.05, 0.1) is 11.6 Å². The second kappa shape index (κ2) is 7.64. The molecule has 2 rings (SSSR count). The molecule has 0 radical (unpaired) electrons. The normalized spacial score (nSPS) is 10.9. The van der Waals surface area contributed by atoms with Gasteiger partial charge in [-0.05, 0) is 29.5 Å². The number of nitrogens with one attached hydrogen (secondary N) is 1. The average Bonchev–Trinajstić information content (AvgIpc) is 2.83. The highest BCUT2D eigenvalue weighted by atomic mass is 35.5. The standard InChI is InChI=1S/C13H16ClN3O2S/c1-9-16-17-13(19-9)20-12-4-3-10(7-11(12)14)8-15-5-6-18-2/h3-4,7,15H,5-6,8H2,1-2H3. The van der Waals surface area contributed by atoms with Crippen LogP contribution in [-0.4, -0.2) is 30.5 Å². The quantitative estimate of drug-likeness (QED) is 0.793. The number of hydrogen-bond donors (Lipinski definition) is 1. The molecule has 0 unspecified atom stereocenters. The summed E-state index contributed by atoms with van der Waals surface area (Å²) in [5, 5.41) is 12.2. The second-order valence-electron chi connectivity index (χ2n) is 4.12. The van der Waals surface area contributed by atoms with E-state index in [1.807, 2.05) is 18.2 Å². The second-order valence-corrected chi connectivity index (χ2v) is 5.52. The summed E-state index contributed by atoms with van der Waals surface area (Å²) in [5.41, 5.74) is 1.12. The van der Waals surface area contributed by atoms with Crippen molar-refractivity contribution in [3.63, 3.8) is 0 Å². The van der Waals surface area contributed by atoms with Crippen LogP contribution in [0.15, 0.2) is 32.7 Å². The number of halogens is 1. The van der Waals surface area contributed by atoms with Crippen LogP contribution in [0.25, 0.3) is 0 Å². The van der Waals surface area contributed by atoms with Crippen LogP contribution < -0.4 is 5.32 Å². The van der Waals surface area contributed by atoms with E-state index in [0.717, 1.165) is 23.5 Å². The molecule has 0 atom stereocenters. The molecule has 2 aromatic rings. The van der Waals surface area contributed by atoms with Crippen molar-refractivity contribution in [1.29, 1.82) is 0 Å². The van der Waals surface area contributed by atoms with Crippen molar-refractivity contribution in [2.24, 2.45) is 0 Å². The number of ether oxygens (including phenoxy) is 1. The zero-order chi connectivity index (χ0) is 14.4. The molecule has 0 bridgehead atoms. The van der Waals surface area contributed by atoms with E-state index in [1.165, 1.54) is 11.8 Å². The van der Waals surface area contributed by atoms with E-state index in [2.05, 4.69) is 15.5 Å². The Morgan fingerprint density at radius 1 is 1.40 bits per heavy atom. The molecule has 0 aliphatic heterocycles. The minimum Gasteiger partial charge on any atom is -0.416 e. The lowest BCUT2D eigenvalue weighted by Crippen LogP contribution is -2.18. The van der Waals surface area contributed by atoms with E-state index in [9.17, 15) is 0 Å². The smallest absolute Gasteiger partial charge is 0.281 e. The lowest BCUT2D eigenvalue weighted by molar-refractivity contribution is 0.199. The Labute approximate surface area is 127 Å². The fourth-order valence-electron chi connectivity index (χ4n) is 1.56. The minimum atomic E-state index is 0.496. The SMILES string of the molecule is COCCNCc1ccc(Sc2nnc(C)o2)c(Cl)c1. The predicted octanol–water partition coefficient (Wildman–Crippen LogP) is 2.92. The number of benzene rings is 1. The van der Waals surface area contributed by atoms with Crippen molar-refractivity contribution >= 4 is 23.4 Å². The number of hydrogen-bond acceptors (Lipinski definition) is 6. The molecule has 0 aliphatic carbocycles. The monoisotopic (exact) mass is 313 g/mol. The summed E-state index contributed by atoms with van der Waals surface area (Å²) >= 11 is 7.63. The van der Waals surface area contributed by atoms with Gasteiger partial charge in [-0.3, -0.25) is 0 Å². The Morgan fingerprint density at radius 2 is 2.25 bits per heavy atom.